The highest BCUT2D eigenvalue weighted by Crippen LogP contribution is 2.25. The summed E-state index contributed by atoms with van der Waals surface area (Å²) in [7, 11) is 0. The topological polar surface area (TPSA) is 108 Å². The fraction of sp³-hybridized carbons (Fsp3) is 0.333. The molecule has 0 aliphatic carbocycles. The first kappa shape index (κ1) is 17.7. The lowest BCUT2D eigenvalue weighted by Crippen LogP contribution is -2.20. The lowest BCUT2D eigenvalue weighted by Gasteiger charge is -2.13. The van der Waals surface area contributed by atoms with Crippen LogP contribution in [0.5, 0.6) is 0 Å². The smallest absolute Gasteiger partial charge is 0.276 e. The molecule has 2 aromatic heterocycles. The van der Waals surface area contributed by atoms with Crippen molar-refractivity contribution in [1.82, 2.24) is 19.3 Å². The second kappa shape index (κ2) is 6.62. The summed E-state index contributed by atoms with van der Waals surface area (Å²) in [6.45, 7) is 8.37. The highest BCUT2D eigenvalue weighted by molar-refractivity contribution is 6.03. The van der Waals surface area contributed by atoms with Crippen LogP contribution in [0.25, 0.3) is 11.0 Å². The second-order valence-corrected chi connectivity index (χ2v) is 6.41. The molecule has 3 N–H and O–H groups in total. The van der Waals surface area contributed by atoms with Gasteiger partial charge in [-0.3, -0.25) is 19.6 Å². The van der Waals surface area contributed by atoms with Crippen LogP contribution in [0.2, 0.25) is 0 Å². The van der Waals surface area contributed by atoms with Crippen LogP contribution in [0.1, 0.15) is 53.4 Å². The van der Waals surface area contributed by atoms with Gasteiger partial charge in [-0.05, 0) is 52.0 Å². The number of hydrogen-bond acceptors (Lipinski definition) is 4. The van der Waals surface area contributed by atoms with E-state index in [1.165, 1.54) is 0 Å². The molecule has 26 heavy (non-hydrogen) atoms. The number of carbonyl (C=O) groups excluding carboxylic acids is 2. The van der Waals surface area contributed by atoms with Crippen LogP contribution in [-0.4, -0.2) is 31.1 Å². The predicted octanol–water partition coefficient (Wildman–Crippen LogP) is 2.49. The number of anilines is 1. The second-order valence-electron chi connectivity index (χ2n) is 6.41. The van der Waals surface area contributed by atoms with Gasteiger partial charge >= 0.3 is 0 Å². The number of aryl methyl sites for hydroxylation is 2. The van der Waals surface area contributed by atoms with Crippen LogP contribution in [0, 0.1) is 6.92 Å². The third kappa shape index (κ3) is 3.05. The fourth-order valence-corrected chi connectivity index (χ4v) is 3.00. The standard InChI is InChI=1S/C18H22N6O2/c1-5-23-15(8-11(4)22-23)17(26)21-18-20-13-9-12(16(19)25)6-7-14(13)24(18)10(2)3/h6-10H,5H2,1-4H3,(H2,19,25)(H,20,21,26). The molecule has 0 aliphatic heterocycles. The van der Waals surface area contributed by atoms with E-state index in [0.717, 1.165) is 11.2 Å². The quantitative estimate of drug-likeness (QED) is 0.734. The Bertz CT molecular complexity index is 999. The predicted molar refractivity (Wildman–Crippen MR) is 99.2 cm³/mol. The number of carbonyl (C=O) groups is 2. The summed E-state index contributed by atoms with van der Waals surface area (Å²) in [6, 6.07) is 6.89. The molecular formula is C18H22N6O2. The summed E-state index contributed by atoms with van der Waals surface area (Å²) < 4.78 is 3.57. The average molecular weight is 354 g/mol. The molecule has 0 saturated carbocycles. The van der Waals surface area contributed by atoms with Gasteiger partial charge in [0.15, 0.2) is 0 Å². The van der Waals surface area contributed by atoms with Crippen LogP contribution in [0.15, 0.2) is 24.3 Å². The summed E-state index contributed by atoms with van der Waals surface area (Å²) in [5.41, 5.74) is 8.40. The first-order valence-electron chi connectivity index (χ1n) is 8.49. The number of amides is 2. The van der Waals surface area contributed by atoms with Crippen molar-refractivity contribution in [2.75, 3.05) is 5.32 Å². The van der Waals surface area contributed by atoms with Crippen LogP contribution in [-0.2, 0) is 6.54 Å². The molecule has 0 aliphatic rings. The summed E-state index contributed by atoms with van der Waals surface area (Å²) in [4.78, 5) is 28.6. The van der Waals surface area contributed by atoms with Gasteiger partial charge in [-0.2, -0.15) is 5.10 Å². The van der Waals surface area contributed by atoms with E-state index in [0.29, 0.717) is 29.3 Å². The number of hydrogen-bond donors (Lipinski definition) is 2. The van der Waals surface area contributed by atoms with Crippen molar-refractivity contribution in [2.45, 2.75) is 40.3 Å². The molecule has 8 heteroatoms. The third-order valence-electron chi connectivity index (χ3n) is 4.15. The van der Waals surface area contributed by atoms with Gasteiger partial charge in [0.25, 0.3) is 5.91 Å². The molecular weight excluding hydrogens is 332 g/mol. The average Bonchev–Trinajstić information content (AvgIpc) is 3.13. The number of primary amides is 1. The number of aromatic nitrogens is 4. The van der Waals surface area contributed by atoms with Gasteiger partial charge in [0.2, 0.25) is 11.9 Å². The van der Waals surface area contributed by atoms with Gasteiger partial charge in [0, 0.05) is 18.2 Å². The van der Waals surface area contributed by atoms with E-state index in [1.54, 1.807) is 28.9 Å². The van der Waals surface area contributed by atoms with Gasteiger partial charge in [-0.15, -0.1) is 0 Å². The van der Waals surface area contributed by atoms with Crippen LogP contribution in [0.4, 0.5) is 5.95 Å². The lowest BCUT2D eigenvalue weighted by molar-refractivity contribution is 0.0996. The van der Waals surface area contributed by atoms with E-state index < -0.39 is 5.91 Å². The number of nitrogens with zero attached hydrogens (tertiary/aromatic N) is 4. The Morgan fingerprint density at radius 2 is 2.00 bits per heavy atom. The minimum Gasteiger partial charge on any atom is -0.366 e. The molecule has 0 bridgehead atoms. The molecule has 0 saturated heterocycles. The van der Waals surface area contributed by atoms with E-state index in [-0.39, 0.29) is 11.9 Å². The minimum atomic E-state index is -0.515. The molecule has 0 atom stereocenters. The maximum atomic E-state index is 12.7. The zero-order valence-corrected chi connectivity index (χ0v) is 15.3. The normalized spacial score (nSPS) is 11.3. The third-order valence-corrected chi connectivity index (χ3v) is 4.15. The number of benzene rings is 1. The van der Waals surface area contributed by atoms with E-state index in [1.807, 2.05) is 32.3 Å². The van der Waals surface area contributed by atoms with Crippen LogP contribution in [0.3, 0.4) is 0 Å². The van der Waals surface area contributed by atoms with Crippen molar-refractivity contribution in [3.05, 3.63) is 41.2 Å². The van der Waals surface area contributed by atoms with Gasteiger partial charge in [0.05, 0.1) is 16.7 Å². The van der Waals surface area contributed by atoms with Crippen molar-refractivity contribution in [3.8, 4) is 0 Å². The molecule has 3 aromatic rings. The fourth-order valence-electron chi connectivity index (χ4n) is 3.00. The Hall–Kier alpha value is -3.16. The van der Waals surface area contributed by atoms with E-state index in [4.69, 9.17) is 5.73 Å². The van der Waals surface area contributed by atoms with Crippen LogP contribution < -0.4 is 11.1 Å². The molecule has 3 rings (SSSR count). The van der Waals surface area contributed by atoms with Gasteiger partial charge in [-0.25, -0.2) is 4.98 Å². The molecule has 2 heterocycles. The van der Waals surface area contributed by atoms with E-state index in [2.05, 4.69) is 15.4 Å². The highest BCUT2D eigenvalue weighted by atomic mass is 16.2. The zero-order chi connectivity index (χ0) is 19.0. The monoisotopic (exact) mass is 354 g/mol. The summed E-state index contributed by atoms with van der Waals surface area (Å²) in [5.74, 6) is -0.373. The van der Waals surface area contributed by atoms with Crippen molar-refractivity contribution >= 4 is 28.8 Å². The summed E-state index contributed by atoms with van der Waals surface area (Å²) in [5, 5.41) is 7.17. The van der Waals surface area contributed by atoms with Gasteiger partial charge in [-0.1, -0.05) is 0 Å². The minimum absolute atomic E-state index is 0.0625. The Labute approximate surface area is 151 Å². The van der Waals surface area contributed by atoms with Crippen molar-refractivity contribution in [2.24, 2.45) is 5.73 Å². The maximum Gasteiger partial charge on any atom is 0.276 e. The number of fused-ring (bicyclic) bond motifs is 1. The Kier molecular flexibility index (Phi) is 4.50. The maximum absolute atomic E-state index is 12.7. The molecule has 0 spiro atoms. The van der Waals surface area contributed by atoms with Crippen molar-refractivity contribution in [1.29, 1.82) is 0 Å². The van der Waals surface area contributed by atoms with Crippen molar-refractivity contribution < 1.29 is 9.59 Å². The summed E-state index contributed by atoms with van der Waals surface area (Å²) >= 11 is 0. The number of nitrogens with one attached hydrogen (secondary N) is 1. The zero-order valence-electron chi connectivity index (χ0n) is 15.3. The lowest BCUT2D eigenvalue weighted by atomic mass is 10.2. The molecule has 136 valence electrons. The highest BCUT2D eigenvalue weighted by Gasteiger charge is 2.19. The Morgan fingerprint density at radius 3 is 2.62 bits per heavy atom. The Balaban J connectivity index is 2.04. The van der Waals surface area contributed by atoms with E-state index >= 15 is 0 Å². The van der Waals surface area contributed by atoms with Crippen molar-refractivity contribution in [3.63, 3.8) is 0 Å². The molecule has 0 radical (unpaired) electrons. The summed E-state index contributed by atoms with van der Waals surface area (Å²) in [6.07, 6.45) is 0. The van der Waals surface area contributed by atoms with E-state index in [9.17, 15) is 9.59 Å². The van der Waals surface area contributed by atoms with Gasteiger partial charge in [0.1, 0.15) is 5.69 Å². The molecule has 0 fully saturated rings. The number of nitrogens with two attached hydrogens (primary N) is 1. The Morgan fingerprint density at radius 1 is 1.27 bits per heavy atom. The van der Waals surface area contributed by atoms with Gasteiger partial charge < -0.3 is 10.3 Å². The molecule has 1 aromatic carbocycles. The molecule has 8 nitrogen and oxygen atoms in total. The van der Waals surface area contributed by atoms with Crippen LogP contribution >= 0.6 is 0 Å². The number of rotatable bonds is 5. The molecule has 2 amide bonds. The first-order valence-corrected chi connectivity index (χ1v) is 8.49. The SMILES string of the molecule is CCn1nc(C)cc1C(=O)Nc1nc2cc(C(N)=O)ccc2n1C(C)C. The number of imidazole rings is 1. The first-order chi connectivity index (χ1) is 12.3. The largest absolute Gasteiger partial charge is 0.366 e. The molecule has 0 unspecified atom stereocenters.